The molecule has 2 aromatic rings. The number of nitrogens with zero attached hydrogens (tertiary/aromatic N) is 4. The molecule has 180 valence electrons. The van der Waals surface area contributed by atoms with Crippen LogP contribution in [0.1, 0.15) is 30.9 Å². The van der Waals surface area contributed by atoms with Crippen LogP contribution in [0, 0.1) is 11.8 Å². The normalized spacial score (nSPS) is 24.9. The first-order chi connectivity index (χ1) is 16.4. The van der Waals surface area contributed by atoms with E-state index in [1.54, 1.807) is 23.9 Å². The van der Waals surface area contributed by atoms with Gasteiger partial charge in [-0.05, 0) is 43.0 Å². The third-order valence-corrected chi connectivity index (χ3v) is 8.34. The zero-order valence-electron chi connectivity index (χ0n) is 19.2. The van der Waals surface area contributed by atoms with E-state index in [0.29, 0.717) is 18.2 Å². The molecule has 0 aromatic heterocycles. The van der Waals surface area contributed by atoms with Gasteiger partial charge in [-0.15, -0.1) is 16.9 Å². The van der Waals surface area contributed by atoms with Gasteiger partial charge in [-0.1, -0.05) is 49.4 Å². The monoisotopic (exact) mass is 486 g/mol. The highest BCUT2D eigenvalue weighted by molar-refractivity contribution is 8.14. The van der Waals surface area contributed by atoms with Crippen LogP contribution in [0.25, 0.3) is 0 Å². The number of hydrogen-bond donors (Lipinski definition) is 0. The molecular formula is C26H29F3N4S. The van der Waals surface area contributed by atoms with E-state index in [1.807, 2.05) is 23.1 Å². The first kappa shape index (κ1) is 23.4. The summed E-state index contributed by atoms with van der Waals surface area (Å²) in [5, 5.41) is 9.89. The van der Waals surface area contributed by atoms with Crippen molar-refractivity contribution in [3.63, 3.8) is 0 Å². The number of thioether (sulfide) groups is 1. The smallest absolute Gasteiger partial charge is 0.366 e. The maximum Gasteiger partial charge on any atom is 0.418 e. The zero-order valence-corrected chi connectivity index (χ0v) is 20.0. The van der Waals surface area contributed by atoms with Crippen molar-refractivity contribution in [2.45, 2.75) is 32.0 Å². The number of halogens is 3. The Morgan fingerprint density at radius 1 is 1.00 bits per heavy atom. The van der Waals surface area contributed by atoms with Crippen molar-refractivity contribution in [1.29, 1.82) is 0 Å². The van der Waals surface area contributed by atoms with Gasteiger partial charge < -0.3 is 9.80 Å². The van der Waals surface area contributed by atoms with Crippen LogP contribution in [-0.2, 0) is 6.18 Å². The second kappa shape index (κ2) is 9.74. The van der Waals surface area contributed by atoms with Crippen molar-refractivity contribution in [1.82, 2.24) is 4.90 Å². The average Bonchev–Trinajstić information content (AvgIpc) is 3.51. The van der Waals surface area contributed by atoms with Crippen LogP contribution in [0.5, 0.6) is 0 Å². The summed E-state index contributed by atoms with van der Waals surface area (Å²) in [6.45, 7) is 5.62. The molecule has 0 saturated carbocycles. The summed E-state index contributed by atoms with van der Waals surface area (Å²) in [5.41, 5.74) is 1.96. The summed E-state index contributed by atoms with van der Waals surface area (Å²) in [4.78, 5) is 4.42. The molecule has 0 bridgehead atoms. The molecular weight excluding hydrogens is 457 g/mol. The molecule has 0 amide bonds. The Morgan fingerprint density at radius 3 is 2.56 bits per heavy atom. The Kier molecular flexibility index (Phi) is 6.71. The molecule has 0 aliphatic carbocycles. The molecule has 8 heteroatoms. The number of anilines is 1. The number of fused-ring (bicyclic) bond motifs is 1. The lowest BCUT2D eigenvalue weighted by atomic mass is 10.0. The molecule has 4 nitrogen and oxygen atoms in total. The summed E-state index contributed by atoms with van der Waals surface area (Å²) in [6, 6.07) is 16.3. The Labute approximate surface area is 202 Å². The molecule has 3 aliphatic heterocycles. The Bertz CT molecular complexity index is 1070. The van der Waals surface area contributed by atoms with Gasteiger partial charge in [0.2, 0.25) is 0 Å². The maximum absolute atomic E-state index is 13.5. The molecule has 2 fully saturated rings. The highest BCUT2D eigenvalue weighted by Crippen LogP contribution is 2.41. The van der Waals surface area contributed by atoms with E-state index >= 15 is 0 Å². The largest absolute Gasteiger partial charge is 0.418 e. The van der Waals surface area contributed by atoms with E-state index in [2.05, 4.69) is 34.2 Å². The summed E-state index contributed by atoms with van der Waals surface area (Å²) in [7, 11) is 0. The van der Waals surface area contributed by atoms with E-state index < -0.39 is 11.7 Å². The van der Waals surface area contributed by atoms with Crippen LogP contribution in [-0.4, -0.2) is 53.6 Å². The van der Waals surface area contributed by atoms with Crippen molar-refractivity contribution in [3.05, 3.63) is 65.7 Å². The van der Waals surface area contributed by atoms with Gasteiger partial charge in [-0.25, -0.2) is 0 Å². The fourth-order valence-corrected chi connectivity index (χ4v) is 6.37. The van der Waals surface area contributed by atoms with Crippen LogP contribution in [0.3, 0.4) is 0 Å². The van der Waals surface area contributed by atoms with Crippen LogP contribution >= 0.6 is 11.8 Å². The lowest BCUT2D eigenvalue weighted by Gasteiger charge is -2.29. The molecule has 2 aromatic carbocycles. The van der Waals surface area contributed by atoms with Gasteiger partial charge in [0.25, 0.3) is 0 Å². The Hall–Kier alpha value is -2.32. The van der Waals surface area contributed by atoms with E-state index in [-0.39, 0.29) is 12.0 Å². The topological polar surface area (TPSA) is 31.2 Å². The molecule has 3 unspecified atom stereocenters. The molecule has 0 N–H and O–H groups in total. The number of rotatable bonds is 6. The van der Waals surface area contributed by atoms with Gasteiger partial charge >= 0.3 is 6.18 Å². The van der Waals surface area contributed by atoms with Crippen LogP contribution in [0.2, 0.25) is 0 Å². The van der Waals surface area contributed by atoms with Gasteiger partial charge in [0.05, 0.1) is 17.2 Å². The standard InChI is InChI=1S/C26H29F3N4S/c1-18-24(19-8-3-2-4-9-19)30-31-25(18)34-15-7-13-32-16-20-12-14-33(23(20)17-32)22-11-6-5-10-21(22)26(27,28)29/h2-6,8-11,18,20,23H,7,12-17H2,1H3. The minimum Gasteiger partial charge on any atom is -0.366 e. The van der Waals surface area contributed by atoms with E-state index in [0.717, 1.165) is 54.5 Å². The molecule has 5 rings (SSSR count). The van der Waals surface area contributed by atoms with E-state index in [9.17, 15) is 13.2 Å². The summed E-state index contributed by atoms with van der Waals surface area (Å²) in [6.07, 6.45) is -2.35. The molecule has 0 radical (unpaired) electrons. The van der Waals surface area contributed by atoms with Gasteiger partial charge in [-0.2, -0.15) is 18.3 Å². The first-order valence-corrected chi connectivity index (χ1v) is 12.9. The van der Waals surface area contributed by atoms with Crippen LogP contribution in [0.15, 0.2) is 64.8 Å². The van der Waals surface area contributed by atoms with E-state index in [1.165, 1.54) is 12.1 Å². The van der Waals surface area contributed by atoms with E-state index in [4.69, 9.17) is 0 Å². The van der Waals surface area contributed by atoms with Gasteiger partial charge in [0.15, 0.2) is 0 Å². The van der Waals surface area contributed by atoms with Crippen LogP contribution < -0.4 is 4.90 Å². The summed E-state index contributed by atoms with van der Waals surface area (Å²) >= 11 is 1.77. The van der Waals surface area contributed by atoms with Crippen molar-refractivity contribution >= 4 is 28.2 Å². The Morgan fingerprint density at radius 2 is 1.76 bits per heavy atom. The lowest BCUT2D eigenvalue weighted by Crippen LogP contribution is -2.36. The molecule has 34 heavy (non-hydrogen) atoms. The van der Waals surface area contributed by atoms with Crippen molar-refractivity contribution in [2.75, 3.05) is 36.8 Å². The lowest BCUT2D eigenvalue weighted by molar-refractivity contribution is -0.137. The molecule has 3 atom stereocenters. The number of para-hydroxylation sites is 1. The Balaban J connectivity index is 1.11. The van der Waals surface area contributed by atoms with Crippen molar-refractivity contribution in [3.8, 4) is 0 Å². The van der Waals surface area contributed by atoms with Crippen molar-refractivity contribution < 1.29 is 13.2 Å². The minimum absolute atomic E-state index is 0.164. The highest BCUT2D eigenvalue weighted by Gasteiger charge is 2.44. The predicted molar refractivity (Wildman–Crippen MR) is 134 cm³/mol. The first-order valence-electron chi connectivity index (χ1n) is 11.9. The number of alkyl halides is 3. The third-order valence-electron chi connectivity index (χ3n) is 7.12. The molecule has 3 aliphatic rings. The maximum atomic E-state index is 13.5. The van der Waals surface area contributed by atoms with Gasteiger partial charge in [-0.3, -0.25) is 0 Å². The average molecular weight is 487 g/mol. The second-order valence-electron chi connectivity index (χ2n) is 9.30. The quantitative estimate of drug-likeness (QED) is 0.484. The summed E-state index contributed by atoms with van der Waals surface area (Å²) < 4.78 is 40.6. The number of hydrogen-bond acceptors (Lipinski definition) is 5. The highest BCUT2D eigenvalue weighted by atomic mass is 32.2. The molecule has 3 heterocycles. The van der Waals surface area contributed by atoms with Crippen molar-refractivity contribution in [2.24, 2.45) is 22.0 Å². The predicted octanol–water partition coefficient (Wildman–Crippen LogP) is 5.79. The fraction of sp³-hybridized carbons (Fsp3) is 0.462. The summed E-state index contributed by atoms with van der Waals surface area (Å²) in [5.74, 6) is 1.61. The number of benzene rings is 2. The van der Waals surface area contributed by atoms with Gasteiger partial charge in [0.1, 0.15) is 5.04 Å². The SMILES string of the molecule is CC1C(SCCCN2CC3CCN(c4ccccc4C(F)(F)F)C3C2)=NN=C1c1ccccc1. The third kappa shape index (κ3) is 4.75. The van der Waals surface area contributed by atoms with Crippen LogP contribution in [0.4, 0.5) is 18.9 Å². The molecule has 0 spiro atoms. The minimum atomic E-state index is -4.33. The fourth-order valence-electron chi connectivity index (χ4n) is 5.42. The van der Waals surface area contributed by atoms with Gasteiger partial charge in [0, 0.05) is 37.1 Å². The number of likely N-dealkylation sites (tertiary alicyclic amines) is 1. The second-order valence-corrected chi connectivity index (χ2v) is 10.4. The zero-order chi connectivity index (χ0) is 23.7. The molecule has 2 saturated heterocycles.